The van der Waals surface area contributed by atoms with Crippen molar-refractivity contribution < 1.29 is 14.3 Å². The molecule has 0 N–H and O–H groups in total. The summed E-state index contributed by atoms with van der Waals surface area (Å²) in [6.45, 7) is 3.65. The summed E-state index contributed by atoms with van der Waals surface area (Å²) in [5.41, 5.74) is 0.630. The van der Waals surface area contributed by atoms with Gasteiger partial charge in [-0.1, -0.05) is 30.7 Å². The Morgan fingerprint density at radius 1 is 1.17 bits per heavy atom. The Hall–Kier alpha value is -2.20. The second-order valence-electron chi connectivity index (χ2n) is 5.76. The molecule has 3 rings (SSSR count). The molecule has 0 saturated carbocycles. The minimum Gasteiger partial charge on any atom is -0.486 e. The number of hydrogen-bond acceptors (Lipinski definition) is 3. The Labute approximate surface area is 146 Å². The smallest absolute Gasteiger partial charge is 0.253 e. The molecule has 126 valence electrons. The van der Waals surface area contributed by atoms with Crippen LogP contribution in [-0.4, -0.2) is 36.6 Å². The first kappa shape index (κ1) is 16.7. The van der Waals surface area contributed by atoms with Crippen LogP contribution in [0.1, 0.15) is 23.7 Å². The summed E-state index contributed by atoms with van der Waals surface area (Å²) in [6, 6.07) is 14.6. The Morgan fingerprint density at radius 3 is 2.58 bits per heavy atom. The van der Waals surface area contributed by atoms with Crippen molar-refractivity contribution in [3.63, 3.8) is 0 Å². The predicted molar refractivity (Wildman–Crippen MR) is 94.0 cm³/mol. The molecular weight excluding hydrogens is 326 g/mol. The molecule has 2 aromatic carbocycles. The van der Waals surface area contributed by atoms with Gasteiger partial charge in [0.2, 0.25) is 0 Å². The summed E-state index contributed by atoms with van der Waals surface area (Å²) < 4.78 is 11.7. The fourth-order valence-electron chi connectivity index (χ4n) is 2.72. The summed E-state index contributed by atoms with van der Waals surface area (Å²) >= 11 is 5.90. The number of carbonyl (C=O) groups excluding carboxylic acids is 1. The van der Waals surface area contributed by atoms with E-state index in [4.69, 9.17) is 21.1 Å². The second kappa shape index (κ2) is 7.58. The van der Waals surface area contributed by atoms with Gasteiger partial charge in [-0.3, -0.25) is 4.79 Å². The van der Waals surface area contributed by atoms with Crippen molar-refractivity contribution >= 4 is 17.5 Å². The fourth-order valence-corrected chi connectivity index (χ4v) is 2.85. The number of amides is 1. The maximum Gasteiger partial charge on any atom is 0.253 e. The van der Waals surface area contributed by atoms with Crippen molar-refractivity contribution in [1.29, 1.82) is 0 Å². The third-order valence-electron chi connectivity index (χ3n) is 3.86. The molecule has 2 aromatic rings. The zero-order chi connectivity index (χ0) is 16.9. The Kier molecular flexibility index (Phi) is 5.26. The SMILES string of the molecule is CCCN(CC1COc2ccccc2O1)C(=O)c1ccc(Cl)cc1. The summed E-state index contributed by atoms with van der Waals surface area (Å²) in [4.78, 5) is 14.6. The predicted octanol–water partition coefficient (Wildman–Crippen LogP) is 4.03. The van der Waals surface area contributed by atoms with E-state index < -0.39 is 0 Å². The number of halogens is 1. The van der Waals surface area contributed by atoms with Crippen LogP contribution in [0.3, 0.4) is 0 Å². The van der Waals surface area contributed by atoms with E-state index in [2.05, 4.69) is 6.92 Å². The van der Waals surface area contributed by atoms with Gasteiger partial charge < -0.3 is 14.4 Å². The Balaban J connectivity index is 1.70. The van der Waals surface area contributed by atoms with Gasteiger partial charge in [0, 0.05) is 17.1 Å². The topological polar surface area (TPSA) is 38.8 Å². The first-order chi connectivity index (χ1) is 11.7. The number of para-hydroxylation sites is 2. The van der Waals surface area contributed by atoms with Crippen LogP contribution < -0.4 is 9.47 Å². The Morgan fingerprint density at radius 2 is 1.88 bits per heavy atom. The van der Waals surface area contributed by atoms with Crippen molar-refractivity contribution in [1.82, 2.24) is 4.90 Å². The van der Waals surface area contributed by atoms with Crippen molar-refractivity contribution in [2.45, 2.75) is 19.4 Å². The third kappa shape index (κ3) is 3.82. The first-order valence-corrected chi connectivity index (χ1v) is 8.48. The lowest BCUT2D eigenvalue weighted by Gasteiger charge is -2.31. The molecule has 0 bridgehead atoms. The van der Waals surface area contributed by atoms with E-state index in [9.17, 15) is 4.79 Å². The number of nitrogens with zero attached hydrogens (tertiary/aromatic N) is 1. The Bertz CT molecular complexity index is 702. The van der Waals surface area contributed by atoms with E-state index in [1.165, 1.54) is 0 Å². The third-order valence-corrected chi connectivity index (χ3v) is 4.12. The molecule has 1 unspecified atom stereocenters. The number of hydrogen-bond donors (Lipinski definition) is 0. The average molecular weight is 346 g/mol. The van der Waals surface area contributed by atoms with Crippen LogP contribution in [0.25, 0.3) is 0 Å². The standard InChI is InChI=1S/C19H20ClNO3/c1-2-11-21(19(22)14-7-9-15(20)10-8-14)12-16-13-23-17-5-3-4-6-18(17)24-16/h3-10,16H,2,11-13H2,1H3. The van der Waals surface area contributed by atoms with E-state index in [-0.39, 0.29) is 12.0 Å². The first-order valence-electron chi connectivity index (χ1n) is 8.10. The summed E-state index contributed by atoms with van der Waals surface area (Å²) in [7, 11) is 0. The van der Waals surface area contributed by atoms with Gasteiger partial charge in [-0.15, -0.1) is 0 Å². The number of carbonyl (C=O) groups is 1. The van der Waals surface area contributed by atoms with Gasteiger partial charge in [-0.25, -0.2) is 0 Å². The molecule has 1 heterocycles. The quantitative estimate of drug-likeness (QED) is 0.821. The molecule has 4 nitrogen and oxygen atoms in total. The van der Waals surface area contributed by atoms with Crippen molar-refractivity contribution in [2.75, 3.05) is 19.7 Å². The highest BCUT2D eigenvalue weighted by atomic mass is 35.5. The minimum atomic E-state index is -0.178. The monoisotopic (exact) mass is 345 g/mol. The summed E-state index contributed by atoms with van der Waals surface area (Å²) in [5.74, 6) is 1.46. The lowest BCUT2D eigenvalue weighted by Crippen LogP contribution is -2.44. The molecule has 0 aliphatic carbocycles. The lowest BCUT2D eigenvalue weighted by atomic mass is 10.1. The molecule has 1 amide bonds. The lowest BCUT2D eigenvalue weighted by molar-refractivity contribution is 0.0462. The molecule has 0 spiro atoms. The van der Waals surface area contributed by atoms with Crippen molar-refractivity contribution in [3.8, 4) is 11.5 Å². The number of ether oxygens (including phenoxy) is 2. The van der Waals surface area contributed by atoms with Crippen LogP contribution in [0.2, 0.25) is 5.02 Å². The molecule has 0 aromatic heterocycles. The maximum atomic E-state index is 12.8. The van der Waals surface area contributed by atoms with E-state index in [1.54, 1.807) is 24.3 Å². The minimum absolute atomic E-state index is 0.0176. The van der Waals surface area contributed by atoms with Gasteiger partial charge in [0.05, 0.1) is 6.54 Å². The normalized spacial score (nSPS) is 15.8. The molecule has 1 atom stereocenters. The molecule has 0 radical (unpaired) electrons. The number of rotatable bonds is 5. The number of benzene rings is 2. The molecule has 1 aliphatic rings. The van der Waals surface area contributed by atoms with Crippen LogP contribution in [0.15, 0.2) is 48.5 Å². The van der Waals surface area contributed by atoms with Gasteiger partial charge in [-0.05, 0) is 42.8 Å². The van der Waals surface area contributed by atoms with Crippen LogP contribution >= 0.6 is 11.6 Å². The number of fused-ring (bicyclic) bond motifs is 1. The molecular formula is C19H20ClNO3. The van der Waals surface area contributed by atoms with Gasteiger partial charge in [0.15, 0.2) is 17.6 Å². The van der Waals surface area contributed by atoms with Crippen LogP contribution in [0, 0.1) is 0 Å². The highest BCUT2D eigenvalue weighted by Gasteiger charge is 2.25. The van der Waals surface area contributed by atoms with Crippen molar-refractivity contribution in [2.24, 2.45) is 0 Å². The molecule has 24 heavy (non-hydrogen) atoms. The zero-order valence-electron chi connectivity index (χ0n) is 13.6. The average Bonchev–Trinajstić information content (AvgIpc) is 2.61. The largest absolute Gasteiger partial charge is 0.486 e. The van der Waals surface area contributed by atoms with E-state index in [1.807, 2.05) is 29.2 Å². The van der Waals surface area contributed by atoms with E-state index >= 15 is 0 Å². The van der Waals surface area contributed by atoms with Crippen LogP contribution in [-0.2, 0) is 0 Å². The van der Waals surface area contributed by atoms with E-state index in [0.29, 0.717) is 30.3 Å². The fraction of sp³-hybridized carbons (Fsp3) is 0.316. The van der Waals surface area contributed by atoms with Crippen LogP contribution in [0.4, 0.5) is 0 Å². The van der Waals surface area contributed by atoms with Gasteiger partial charge >= 0.3 is 0 Å². The second-order valence-corrected chi connectivity index (χ2v) is 6.19. The summed E-state index contributed by atoms with van der Waals surface area (Å²) in [6.07, 6.45) is 0.700. The highest BCUT2D eigenvalue weighted by Crippen LogP contribution is 2.31. The zero-order valence-corrected chi connectivity index (χ0v) is 14.3. The highest BCUT2D eigenvalue weighted by molar-refractivity contribution is 6.30. The molecule has 0 fully saturated rings. The molecule has 0 saturated heterocycles. The summed E-state index contributed by atoms with van der Waals surface area (Å²) in [5, 5.41) is 0.620. The maximum absolute atomic E-state index is 12.8. The molecule has 5 heteroatoms. The van der Waals surface area contributed by atoms with Gasteiger partial charge in [0.1, 0.15) is 6.61 Å². The van der Waals surface area contributed by atoms with E-state index in [0.717, 1.165) is 17.9 Å². The van der Waals surface area contributed by atoms with Crippen LogP contribution in [0.5, 0.6) is 11.5 Å². The molecule has 1 aliphatic heterocycles. The van der Waals surface area contributed by atoms with Crippen molar-refractivity contribution in [3.05, 3.63) is 59.1 Å². The van der Waals surface area contributed by atoms with Gasteiger partial charge in [0.25, 0.3) is 5.91 Å². The van der Waals surface area contributed by atoms with Gasteiger partial charge in [-0.2, -0.15) is 0 Å².